The van der Waals surface area contributed by atoms with Gasteiger partial charge in [-0.05, 0) is 24.5 Å². The third-order valence-corrected chi connectivity index (χ3v) is 5.03. The lowest BCUT2D eigenvalue weighted by atomic mass is 10.2. The molecule has 1 aliphatic rings. The summed E-state index contributed by atoms with van der Waals surface area (Å²) in [6, 6.07) is 2.35. The van der Waals surface area contributed by atoms with Crippen LogP contribution in [0.5, 0.6) is 0 Å². The first kappa shape index (κ1) is 15.9. The molecule has 0 amide bonds. The number of ether oxygens (including phenoxy) is 1. The maximum Gasteiger partial charge on any atom is 0.339 e. The second-order valence-corrected chi connectivity index (χ2v) is 7.92. The van der Waals surface area contributed by atoms with Gasteiger partial charge in [0.25, 0.3) is 9.05 Å². The van der Waals surface area contributed by atoms with Gasteiger partial charge in [-0.3, -0.25) is 0 Å². The summed E-state index contributed by atoms with van der Waals surface area (Å²) in [4.78, 5) is 11.5. The van der Waals surface area contributed by atoms with Crippen LogP contribution in [0.15, 0.2) is 17.0 Å². The van der Waals surface area contributed by atoms with E-state index in [0.29, 0.717) is 5.92 Å². The summed E-state index contributed by atoms with van der Waals surface area (Å²) in [6.45, 7) is 0.273. The van der Waals surface area contributed by atoms with Crippen molar-refractivity contribution in [3.8, 4) is 0 Å². The van der Waals surface area contributed by atoms with Crippen LogP contribution in [0.3, 0.4) is 0 Å². The molecule has 1 aliphatic carbocycles. The van der Waals surface area contributed by atoms with Crippen LogP contribution >= 0.6 is 33.9 Å². The van der Waals surface area contributed by atoms with E-state index in [9.17, 15) is 13.2 Å². The Balaban J connectivity index is 2.21. The molecule has 8 heteroatoms. The second kappa shape index (κ2) is 6.10. The molecule has 1 aromatic carbocycles. The van der Waals surface area contributed by atoms with Crippen molar-refractivity contribution in [2.45, 2.75) is 24.2 Å². The van der Waals surface area contributed by atoms with Crippen LogP contribution in [0.25, 0.3) is 0 Å². The van der Waals surface area contributed by atoms with Gasteiger partial charge in [-0.1, -0.05) is 36.0 Å². The Morgan fingerprint density at radius 2 is 1.95 bits per heavy atom. The highest BCUT2D eigenvalue weighted by Gasteiger charge is 2.24. The van der Waals surface area contributed by atoms with Crippen molar-refractivity contribution < 1.29 is 17.9 Å². The zero-order valence-electron chi connectivity index (χ0n) is 10.2. The molecule has 0 unspecified atom stereocenters. The molecule has 1 aromatic rings. The highest BCUT2D eigenvalue weighted by atomic mass is 35.7. The Morgan fingerprint density at radius 3 is 2.50 bits per heavy atom. The van der Waals surface area contributed by atoms with Gasteiger partial charge in [-0.2, -0.15) is 0 Å². The average molecular weight is 358 g/mol. The molecule has 0 aliphatic heterocycles. The summed E-state index contributed by atoms with van der Waals surface area (Å²) in [5.41, 5.74) is -0.103. The van der Waals surface area contributed by atoms with Gasteiger partial charge in [0.2, 0.25) is 0 Å². The molecule has 0 N–H and O–H groups in total. The topological polar surface area (TPSA) is 60.4 Å². The molecule has 20 heavy (non-hydrogen) atoms. The van der Waals surface area contributed by atoms with Gasteiger partial charge in [0.05, 0.1) is 17.2 Å². The Bertz CT molecular complexity index is 638. The minimum atomic E-state index is -4.09. The smallest absolute Gasteiger partial charge is 0.339 e. The molecule has 0 aromatic heterocycles. The number of hydrogen-bond acceptors (Lipinski definition) is 4. The lowest BCUT2D eigenvalue weighted by Crippen LogP contribution is -2.09. The second-order valence-electron chi connectivity index (χ2n) is 4.57. The summed E-state index contributed by atoms with van der Waals surface area (Å²) < 4.78 is 27.8. The fourth-order valence-electron chi connectivity index (χ4n) is 1.69. The lowest BCUT2D eigenvalue weighted by Gasteiger charge is -2.09. The van der Waals surface area contributed by atoms with Crippen molar-refractivity contribution in [2.75, 3.05) is 6.61 Å². The Labute approximate surface area is 131 Å². The van der Waals surface area contributed by atoms with E-state index in [1.54, 1.807) is 0 Å². The SMILES string of the molecule is O=C(OCCC1CC1)c1cc(Cl)cc(S(=O)(=O)Cl)c1Cl. The highest BCUT2D eigenvalue weighted by molar-refractivity contribution is 8.13. The van der Waals surface area contributed by atoms with Crippen LogP contribution in [0, 0.1) is 5.92 Å². The zero-order chi connectivity index (χ0) is 14.9. The van der Waals surface area contributed by atoms with Gasteiger partial charge < -0.3 is 4.74 Å². The van der Waals surface area contributed by atoms with E-state index in [1.165, 1.54) is 6.07 Å². The summed E-state index contributed by atoms with van der Waals surface area (Å²) >= 11 is 11.7. The van der Waals surface area contributed by atoms with Crippen molar-refractivity contribution >= 4 is 48.9 Å². The number of carbonyl (C=O) groups excluding carboxylic acids is 1. The van der Waals surface area contributed by atoms with Crippen LogP contribution < -0.4 is 0 Å². The van der Waals surface area contributed by atoms with E-state index in [4.69, 9.17) is 38.6 Å². The number of esters is 1. The first-order chi connectivity index (χ1) is 9.29. The predicted molar refractivity (Wildman–Crippen MR) is 77.1 cm³/mol. The minimum Gasteiger partial charge on any atom is -0.462 e. The van der Waals surface area contributed by atoms with Gasteiger partial charge in [0.1, 0.15) is 4.90 Å². The number of benzene rings is 1. The summed E-state index contributed by atoms with van der Waals surface area (Å²) in [6.07, 6.45) is 3.11. The van der Waals surface area contributed by atoms with Crippen LogP contribution in [0.2, 0.25) is 10.0 Å². The van der Waals surface area contributed by atoms with E-state index in [0.717, 1.165) is 25.3 Å². The summed E-state index contributed by atoms with van der Waals surface area (Å²) in [7, 11) is 1.16. The average Bonchev–Trinajstić information content (AvgIpc) is 3.14. The zero-order valence-corrected chi connectivity index (χ0v) is 13.3. The van der Waals surface area contributed by atoms with E-state index in [1.807, 2.05) is 0 Å². The molecule has 0 radical (unpaired) electrons. The Kier molecular flexibility index (Phi) is 4.84. The third kappa shape index (κ3) is 4.01. The largest absolute Gasteiger partial charge is 0.462 e. The van der Waals surface area contributed by atoms with E-state index in [-0.39, 0.29) is 22.2 Å². The molecular weight excluding hydrogens is 347 g/mol. The minimum absolute atomic E-state index is 0.0442. The van der Waals surface area contributed by atoms with Crippen LogP contribution in [-0.2, 0) is 13.8 Å². The van der Waals surface area contributed by atoms with Gasteiger partial charge in [-0.15, -0.1) is 0 Å². The van der Waals surface area contributed by atoms with Gasteiger partial charge in [0, 0.05) is 15.7 Å². The van der Waals surface area contributed by atoms with Crippen molar-refractivity contribution in [3.05, 3.63) is 27.7 Å². The van der Waals surface area contributed by atoms with E-state index < -0.39 is 19.9 Å². The maximum atomic E-state index is 11.9. The quantitative estimate of drug-likeness (QED) is 0.593. The molecule has 0 atom stereocenters. The Morgan fingerprint density at radius 1 is 1.30 bits per heavy atom. The first-order valence-corrected chi connectivity index (χ1v) is 8.96. The molecule has 0 bridgehead atoms. The highest BCUT2D eigenvalue weighted by Crippen LogP contribution is 2.33. The molecule has 0 spiro atoms. The van der Waals surface area contributed by atoms with Gasteiger partial charge in [-0.25, -0.2) is 13.2 Å². The van der Waals surface area contributed by atoms with Crippen molar-refractivity contribution in [1.82, 2.24) is 0 Å². The first-order valence-electron chi connectivity index (χ1n) is 5.90. The maximum absolute atomic E-state index is 11.9. The lowest BCUT2D eigenvalue weighted by molar-refractivity contribution is 0.0495. The number of halogens is 3. The molecule has 2 rings (SSSR count). The fourth-order valence-corrected chi connectivity index (χ4v) is 3.54. The standard InChI is InChI=1S/C12H11Cl3O4S/c13-8-5-9(11(14)10(6-8)20(15,17)18)12(16)19-4-3-7-1-2-7/h5-7H,1-4H2. The molecule has 110 valence electrons. The summed E-state index contributed by atoms with van der Waals surface area (Å²) in [5, 5.41) is -0.233. The van der Waals surface area contributed by atoms with E-state index in [2.05, 4.69) is 0 Å². The van der Waals surface area contributed by atoms with Crippen molar-refractivity contribution in [1.29, 1.82) is 0 Å². The van der Waals surface area contributed by atoms with Crippen LogP contribution in [0.4, 0.5) is 0 Å². The number of carbonyl (C=O) groups is 1. The molecule has 0 heterocycles. The Hall–Kier alpha value is -0.490. The monoisotopic (exact) mass is 356 g/mol. The van der Waals surface area contributed by atoms with Gasteiger partial charge >= 0.3 is 5.97 Å². The number of rotatable bonds is 5. The molecule has 0 saturated heterocycles. The van der Waals surface area contributed by atoms with Crippen LogP contribution in [0.1, 0.15) is 29.6 Å². The molecule has 1 saturated carbocycles. The number of hydrogen-bond donors (Lipinski definition) is 0. The molecule has 4 nitrogen and oxygen atoms in total. The van der Waals surface area contributed by atoms with Crippen molar-refractivity contribution in [2.24, 2.45) is 5.92 Å². The fraction of sp³-hybridized carbons (Fsp3) is 0.417. The van der Waals surface area contributed by atoms with E-state index >= 15 is 0 Å². The van der Waals surface area contributed by atoms with Gasteiger partial charge in [0.15, 0.2) is 0 Å². The predicted octanol–water partition coefficient (Wildman–Crippen LogP) is 3.88. The third-order valence-electron chi connectivity index (χ3n) is 2.94. The molecule has 1 fully saturated rings. The summed E-state index contributed by atoms with van der Waals surface area (Å²) in [5.74, 6) is -0.0869. The molecular formula is C12H11Cl3O4S. The van der Waals surface area contributed by atoms with Crippen LogP contribution in [-0.4, -0.2) is 21.0 Å². The normalized spacial score (nSPS) is 15.2. The van der Waals surface area contributed by atoms with Crippen molar-refractivity contribution in [3.63, 3.8) is 0 Å².